The highest BCUT2D eigenvalue weighted by molar-refractivity contribution is 14.0. The molecule has 26 heavy (non-hydrogen) atoms. The van der Waals surface area contributed by atoms with E-state index in [1.54, 1.807) is 0 Å². The maximum Gasteiger partial charge on any atom is 0.192 e. The second-order valence-electron chi connectivity index (χ2n) is 5.88. The number of halogens is 1. The molecule has 4 rings (SSSR count). The lowest BCUT2D eigenvalue weighted by molar-refractivity contribution is 0.683. The number of aliphatic imine (C=N–C) groups is 1. The summed E-state index contributed by atoms with van der Waals surface area (Å²) in [6, 6.07) is 5.84. The van der Waals surface area contributed by atoms with E-state index in [9.17, 15) is 0 Å². The average Bonchev–Trinajstić information content (AvgIpc) is 3.33. The molecule has 0 fully saturated rings. The van der Waals surface area contributed by atoms with Gasteiger partial charge in [-0.15, -0.1) is 44.4 Å². The van der Waals surface area contributed by atoms with Crippen molar-refractivity contribution in [1.82, 2.24) is 40.0 Å². The molecular weight excluding hydrogens is 445 g/mol. The van der Waals surface area contributed by atoms with Crippen LogP contribution >= 0.6 is 24.0 Å². The van der Waals surface area contributed by atoms with Gasteiger partial charge in [0.15, 0.2) is 23.3 Å². The molecule has 0 aliphatic carbocycles. The second kappa shape index (κ2) is 8.43. The van der Waals surface area contributed by atoms with Crippen LogP contribution in [0.3, 0.4) is 0 Å². The van der Waals surface area contributed by atoms with E-state index in [0.29, 0.717) is 13.1 Å². The predicted octanol–water partition coefficient (Wildman–Crippen LogP) is 1.14. The Labute approximate surface area is 168 Å². The first-order chi connectivity index (χ1) is 12.3. The number of guanidine groups is 1. The first-order valence-electron chi connectivity index (χ1n) is 8.57. The van der Waals surface area contributed by atoms with Crippen LogP contribution in [0.4, 0.5) is 0 Å². The van der Waals surface area contributed by atoms with Gasteiger partial charge in [0, 0.05) is 25.7 Å². The molecule has 0 saturated carbocycles. The van der Waals surface area contributed by atoms with Crippen molar-refractivity contribution >= 4 is 35.6 Å². The highest BCUT2D eigenvalue weighted by atomic mass is 127. The highest BCUT2D eigenvalue weighted by Gasteiger charge is 2.16. The van der Waals surface area contributed by atoms with Gasteiger partial charge in [0.2, 0.25) is 0 Å². The Kier molecular flexibility index (Phi) is 6.01. The zero-order valence-electron chi connectivity index (χ0n) is 14.6. The minimum atomic E-state index is 0. The highest BCUT2D eigenvalue weighted by Crippen LogP contribution is 2.14. The van der Waals surface area contributed by atoms with Gasteiger partial charge in [0.1, 0.15) is 12.4 Å². The Morgan fingerprint density at radius 1 is 1.15 bits per heavy atom. The minimum Gasteiger partial charge on any atom is -0.357 e. The normalized spacial score (nSPS) is 13.5. The van der Waals surface area contributed by atoms with Crippen molar-refractivity contribution in [3.05, 3.63) is 41.9 Å². The van der Waals surface area contributed by atoms with Crippen LogP contribution in [0.1, 0.15) is 30.8 Å². The molecule has 0 unspecified atom stereocenters. The zero-order valence-corrected chi connectivity index (χ0v) is 16.9. The quantitative estimate of drug-likeness (QED) is 0.332. The number of fused-ring (bicyclic) bond motifs is 2. The number of hydrogen-bond donors (Lipinski definition) is 2. The summed E-state index contributed by atoms with van der Waals surface area (Å²) in [6.45, 7) is 4.85. The van der Waals surface area contributed by atoms with Crippen LogP contribution in [-0.4, -0.2) is 41.9 Å². The Bertz CT molecular complexity index is 898. The van der Waals surface area contributed by atoms with E-state index in [0.717, 1.165) is 55.0 Å². The average molecular weight is 467 g/mol. The first-order valence-corrected chi connectivity index (χ1v) is 8.57. The lowest BCUT2D eigenvalue weighted by Crippen LogP contribution is -2.37. The molecule has 10 heteroatoms. The Morgan fingerprint density at radius 2 is 2.04 bits per heavy atom. The third-order valence-corrected chi connectivity index (χ3v) is 4.21. The lowest BCUT2D eigenvalue weighted by Gasteiger charge is -2.10. The fraction of sp³-hybridized carbons (Fsp3) is 0.438. The van der Waals surface area contributed by atoms with Crippen LogP contribution in [0.5, 0.6) is 0 Å². The molecule has 138 valence electrons. The maximum absolute atomic E-state index is 4.63. The van der Waals surface area contributed by atoms with E-state index in [1.807, 2.05) is 35.7 Å². The van der Waals surface area contributed by atoms with Crippen LogP contribution < -0.4 is 10.6 Å². The van der Waals surface area contributed by atoms with E-state index < -0.39 is 0 Å². The van der Waals surface area contributed by atoms with Gasteiger partial charge in [-0.25, -0.2) is 4.99 Å². The molecule has 4 heterocycles. The number of rotatable bonds is 5. The Morgan fingerprint density at radius 3 is 2.92 bits per heavy atom. The van der Waals surface area contributed by atoms with Crippen LogP contribution in [0, 0.1) is 0 Å². The van der Waals surface area contributed by atoms with Crippen molar-refractivity contribution < 1.29 is 0 Å². The summed E-state index contributed by atoms with van der Waals surface area (Å²) in [6.07, 6.45) is 4.10. The molecule has 0 spiro atoms. The molecule has 1 aliphatic heterocycles. The molecule has 0 atom stereocenters. The summed E-state index contributed by atoms with van der Waals surface area (Å²) in [5, 5.41) is 23.4. The van der Waals surface area contributed by atoms with Gasteiger partial charge in [-0.1, -0.05) is 6.07 Å². The topological polar surface area (TPSA) is 97.3 Å². The third kappa shape index (κ3) is 3.79. The fourth-order valence-corrected chi connectivity index (χ4v) is 2.99. The van der Waals surface area contributed by atoms with E-state index >= 15 is 0 Å². The molecule has 9 nitrogen and oxygen atoms in total. The van der Waals surface area contributed by atoms with Gasteiger partial charge in [-0.05, 0) is 25.5 Å². The lowest BCUT2D eigenvalue weighted by atomic mass is 10.4. The Balaban J connectivity index is 0.00000196. The second-order valence-corrected chi connectivity index (χ2v) is 5.88. The van der Waals surface area contributed by atoms with Crippen molar-refractivity contribution in [1.29, 1.82) is 0 Å². The largest absolute Gasteiger partial charge is 0.357 e. The number of aromatic nitrogens is 6. The summed E-state index contributed by atoms with van der Waals surface area (Å²) >= 11 is 0. The van der Waals surface area contributed by atoms with Crippen molar-refractivity contribution in [2.24, 2.45) is 4.99 Å². The van der Waals surface area contributed by atoms with E-state index in [1.165, 1.54) is 0 Å². The molecule has 1 aliphatic rings. The summed E-state index contributed by atoms with van der Waals surface area (Å²) in [5.41, 5.74) is 0.834. The SMILES string of the molecule is CCNC(=NCc1nnc2n1CCC2)NCc1nnc2ccccn12.I. The van der Waals surface area contributed by atoms with Gasteiger partial charge in [0.05, 0.1) is 6.54 Å². The number of nitrogens with zero attached hydrogens (tertiary/aromatic N) is 7. The molecule has 0 aromatic carbocycles. The fourth-order valence-electron chi connectivity index (χ4n) is 2.99. The van der Waals surface area contributed by atoms with Gasteiger partial charge < -0.3 is 15.2 Å². The van der Waals surface area contributed by atoms with Gasteiger partial charge in [-0.2, -0.15) is 0 Å². The van der Waals surface area contributed by atoms with Crippen LogP contribution in [0.25, 0.3) is 5.65 Å². The zero-order chi connectivity index (χ0) is 17.1. The molecule has 3 aromatic rings. The van der Waals surface area contributed by atoms with Gasteiger partial charge in [-0.3, -0.25) is 4.40 Å². The molecular formula is C16H22IN9. The summed E-state index contributed by atoms with van der Waals surface area (Å²) in [7, 11) is 0. The third-order valence-electron chi connectivity index (χ3n) is 4.21. The number of aryl methyl sites for hydroxylation is 1. The maximum atomic E-state index is 4.63. The number of nitrogens with one attached hydrogen (secondary N) is 2. The van der Waals surface area contributed by atoms with Crippen LogP contribution in [0.15, 0.2) is 29.4 Å². The van der Waals surface area contributed by atoms with Crippen LogP contribution in [-0.2, 0) is 26.1 Å². The number of hydrogen-bond acceptors (Lipinski definition) is 5. The molecule has 0 bridgehead atoms. The molecule has 2 N–H and O–H groups in total. The smallest absolute Gasteiger partial charge is 0.192 e. The minimum absolute atomic E-state index is 0. The predicted molar refractivity (Wildman–Crippen MR) is 108 cm³/mol. The number of pyridine rings is 1. The van der Waals surface area contributed by atoms with Crippen molar-refractivity contribution in [3.63, 3.8) is 0 Å². The Hall–Kier alpha value is -2.24. The van der Waals surface area contributed by atoms with E-state index in [2.05, 4.69) is 40.6 Å². The molecule has 0 saturated heterocycles. The summed E-state index contributed by atoms with van der Waals surface area (Å²) in [4.78, 5) is 4.63. The monoisotopic (exact) mass is 467 g/mol. The van der Waals surface area contributed by atoms with E-state index in [4.69, 9.17) is 0 Å². The molecule has 3 aromatic heterocycles. The standard InChI is InChI=1S/C16H21N9.HI/c1-2-17-16(19-11-15-23-21-13-7-5-9-25(13)15)18-10-14-22-20-12-6-3-4-8-24(12)14;/h3-4,6,8H,2,5,7,9-11H2,1H3,(H2,17,18,19);1H. The first kappa shape index (κ1) is 18.5. The van der Waals surface area contributed by atoms with Crippen molar-refractivity contribution in [2.45, 2.75) is 39.4 Å². The van der Waals surface area contributed by atoms with Gasteiger partial charge in [0.25, 0.3) is 0 Å². The van der Waals surface area contributed by atoms with Crippen molar-refractivity contribution in [2.75, 3.05) is 6.54 Å². The van der Waals surface area contributed by atoms with Crippen molar-refractivity contribution in [3.8, 4) is 0 Å². The molecule has 0 radical (unpaired) electrons. The van der Waals surface area contributed by atoms with Crippen LogP contribution in [0.2, 0.25) is 0 Å². The summed E-state index contributed by atoms with van der Waals surface area (Å²) in [5.74, 6) is 3.55. The van der Waals surface area contributed by atoms with E-state index in [-0.39, 0.29) is 24.0 Å². The molecule has 0 amide bonds. The summed E-state index contributed by atoms with van der Waals surface area (Å²) < 4.78 is 4.13. The van der Waals surface area contributed by atoms with Gasteiger partial charge >= 0.3 is 0 Å².